The molecule has 5 heterocycles. The van der Waals surface area contributed by atoms with Gasteiger partial charge < -0.3 is 24.6 Å². The summed E-state index contributed by atoms with van der Waals surface area (Å²) in [6.07, 6.45) is 4.27. The number of nitrogens with one attached hydrogen (secondary N) is 1. The Morgan fingerprint density at radius 1 is 1.02 bits per heavy atom. The maximum atomic E-state index is 13.7. The van der Waals surface area contributed by atoms with Crippen LogP contribution in [0.15, 0.2) is 48.8 Å². The maximum absolute atomic E-state index is 13.7. The van der Waals surface area contributed by atoms with E-state index < -0.39 is 6.09 Å². The summed E-state index contributed by atoms with van der Waals surface area (Å²) in [5, 5.41) is 7.45. The molecule has 0 radical (unpaired) electrons. The van der Waals surface area contributed by atoms with Gasteiger partial charge in [0.05, 0.1) is 43.0 Å². The third kappa shape index (κ3) is 5.74. The number of hydrogen-bond acceptors (Lipinski definition) is 7. The molecule has 2 saturated heterocycles. The monoisotopic (exact) mass is 574 g/mol. The Balaban J connectivity index is 1.23. The van der Waals surface area contributed by atoms with Crippen LogP contribution in [0.2, 0.25) is 0 Å². The molecule has 3 aliphatic heterocycles. The summed E-state index contributed by atoms with van der Waals surface area (Å²) in [6, 6.07) is 11.1. The summed E-state index contributed by atoms with van der Waals surface area (Å²) in [5.41, 5.74) is 3.08. The van der Waals surface area contributed by atoms with Crippen LogP contribution in [0.1, 0.15) is 40.2 Å². The van der Waals surface area contributed by atoms with Crippen molar-refractivity contribution in [3.8, 4) is 5.75 Å². The minimum Gasteiger partial charge on any atom is -0.494 e. The number of carbonyl (C=O) groups excluding carboxylic acids is 4. The largest absolute Gasteiger partial charge is 0.494 e. The Labute approximate surface area is 243 Å². The number of rotatable bonds is 3. The first-order valence-electron chi connectivity index (χ1n) is 14.3. The van der Waals surface area contributed by atoms with Crippen LogP contribution in [0.5, 0.6) is 5.75 Å². The second kappa shape index (κ2) is 11.7. The third-order valence-electron chi connectivity index (χ3n) is 8.08. The zero-order chi connectivity index (χ0) is 29.2. The Morgan fingerprint density at radius 3 is 2.74 bits per heavy atom. The van der Waals surface area contributed by atoms with Crippen molar-refractivity contribution in [2.75, 3.05) is 52.5 Å². The van der Waals surface area contributed by atoms with Crippen molar-refractivity contribution in [2.24, 2.45) is 0 Å². The number of fused-ring (bicyclic) bond motifs is 5. The molecule has 2 aromatic heterocycles. The number of likely N-dealkylation sites (tertiary alicyclic amines) is 1. The van der Waals surface area contributed by atoms with Crippen LogP contribution in [0, 0.1) is 6.92 Å². The molecule has 12 heteroatoms. The first-order chi connectivity index (χ1) is 20.4. The molecule has 0 unspecified atom stereocenters. The summed E-state index contributed by atoms with van der Waals surface area (Å²) in [4.78, 5) is 56.9. The Bertz CT molecular complexity index is 1520. The fourth-order valence-electron chi connectivity index (χ4n) is 5.85. The number of ether oxygens (including phenoxy) is 2. The Hall–Kier alpha value is -4.61. The number of cyclic esters (lactones) is 1. The second-order valence-corrected chi connectivity index (χ2v) is 11.1. The van der Waals surface area contributed by atoms with Gasteiger partial charge in [0.2, 0.25) is 11.8 Å². The number of carbonyl (C=O) groups is 4. The highest BCUT2D eigenvalue weighted by molar-refractivity contribution is 6.02. The van der Waals surface area contributed by atoms with Gasteiger partial charge in [-0.25, -0.2) is 9.31 Å². The minimum absolute atomic E-state index is 0.0726. The van der Waals surface area contributed by atoms with Crippen LogP contribution in [-0.2, 0) is 14.3 Å². The summed E-state index contributed by atoms with van der Waals surface area (Å²) in [5.74, 6) is -0.246. The fraction of sp³-hybridized carbons (Fsp3) is 0.433. The van der Waals surface area contributed by atoms with E-state index in [0.29, 0.717) is 55.9 Å². The molecule has 2 bridgehead atoms. The van der Waals surface area contributed by atoms with Crippen molar-refractivity contribution in [1.82, 2.24) is 29.6 Å². The molecule has 3 aliphatic rings. The normalized spacial score (nSPS) is 21.4. The van der Waals surface area contributed by atoms with E-state index in [4.69, 9.17) is 9.47 Å². The first-order valence-corrected chi connectivity index (χ1v) is 14.3. The van der Waals surface area contributed by atoms with Gasteiger partial charge in [-0.1, -0.05) is 18.2 Å². The molecule has 220 valence electrons. The van der Waals surface area contributed by atoms with Gasteiger partial charge in [-0.05, 0) is 49.1 Å². The molecule has 0 spiro atoms. The molecule has 0 aliphatic carbocycles. The number of aromatic nitrogens is 2. The highest BCUT2D eigenvalue weighted by atomic mass is 16.6. The van der Waals surface area contributed by atoms with Crippen LogP contribution in [-0.4, -0.2) is 107 Å². The number of benzene rings is 1. The first kappa shape index (κ1) is 27.6. The van der Waals surface area contributed by atoms with E-state index in [-0.39, 0.29) is 55.9 Å². The lowest BCUT2D eigenvalue weighted by molar-refractivity contribution is -0.131. The smallest absolute Gasteiger partial charge is 0.410 e. The van der Waals surface area contributed by atoms with E-state index in [1.807, 2.05) is 49.5 Å². The van der Waals surface area contributed by atoms with Crippen LogP contribution < -0.4 is 10.1 Å². The topological polar surface area (TPSA) is 126 Å². The van der Waals surface area contributed by atoms with Gasteiger partial charge in [0, 0.05) is 31.7 Å². The highest BCUT2D eigenvalue weighted by Crippen LogP contribution is 2.31. The number of pyridine rings is 1. The van der Waals surface area contributed by atoms with E-state index >= 15 is 0 Å². The van der Waals surface area contributed by atoms with Crippen molar-refractivity contribution >= 4 is 29.3 Å². The minimum atomic E-state index is -0.495. The highest BCUT2D eigenvalue weighted by Gasteiger charge is 2.39. The zero-order valence-electron chi connectivity index (χ0n) is 23.5. The predicted octanol–water partition coefficient (Wildman–Crippen LogP) is 1.82. The third-order valence-corrected chi connectivity index (χ3v) is 8.08. The summed E-state index contributed by atoms with van der Waals surface area (Å²) >= 11 is 0. The molecule has 2 fully saturated rings. The SMILES string of the molecule is Cc1ccc2c(C(=O)N3CCCCOc4cccc(c4)[C@H]4CN(C(=O)CN5CCOC5=O)C[C@@H]4NC(=O)C3)cnn2c1. The predicted molar refractivity (Wildman–Crippen MR) is 151 cm³/mol. The van der Waals surface area contributed by atoms with Crippen molar-refractivity contribution in [2.45, 2.75) is 31.7 Å². The Kier molecular flexibility index (Phi) is 7.68. The van der Waals surface area contributed by atoms with Gasteiger partial charge in [0.25, 0.3) is 5.91 Å². The van der Waals surface area contributed by atoms with Crippen molar-refractivity contribution in [3.05, 3.63) is 65.5 Å². The summed E-state index contributed by atoms with van der Waals surface area (Å²) in [7, 11) is 0. The molecule has 12 nitrogen and oxygen atoms in total. The molecule has 4 amide bonds. The molecule has 42 heavy (non-hydrogen) atoms. The van der Waals surface area contributed by atoms with Crippen LogP contribution in [0.3, 0.4) is 0 Å². The summed E-state index contributed by atoms with van der Waals surface area (Å²) < 4.78 is 12.7. The van der Waals surface area contributed by atoms with E-state index in [0.717, 1.165) is 11.1 Å². The van der Waals surface area contributed by atoms with Gasteiger partial charge in [0.1, 0.15) is 18.9 Å². The molecule has 1 N–H and O–H groups in total. The van der Waals surface area contributed by atoms with Crippen LogP contribution in [0.25, 0.3) is 5.52 Å². The van der Waals surface area contributed by atoms with Gasteiger partial charge >= 0.3 is 6.09 Å². The van der Waals surface area contributed by atoms with E-state index in [1.54, 1.807) is 20.5 Å². The number of aryl methyl sites for hydroxylation is 1. The average molecular weight is 575 g/mol. The quantitative estimate of drug-likeness (QED) is 0.506. The van der Waals surface area contributed by atoms with E-state index in [1.165, 1.54) is 4.90 Å². The van der Waals surface area contributed by atoms with Gasteiger partial charge in [0.15, 0.2) is 0 Å². The lowest BCUT2D eigenvalue weighted by Crippen LogP contribution is -2.47. The number of hydrogen-bond donors (Lipinski definition) is 1. The molecule has 0 saturated carbocycles. The average Bonchev–Trinajstić information content (AvgIpc) is 3.70. The van der Waals surface area contributed by atoms with Gasteiger partial charge in [-0.2, -0.15) is 5.10 Å². The number of nitrogens with zero attached hydrogens (tertiary/aromatic N) is 5. The molecule has 2 atom stereocenters. The number of amides is 4. The van der Waals surface area contributed by atoms with E-state index in [9.17, 15) is 19.2 Å². The van der Waals surface area contributed by atoms with Crippen molar-refractivity contribution < 1.29 is 28.7 Å². The van der Waals surface area contributed by atoms with Crippen molar-refractivity contribution in [3.63, 3.8) is 0 Å². The maximum Gasteiger partial charge on any atom is 0.410 e. The van der Waals surface area contributed by atoms with E-state index in [2.05, 4.69) is 10.4 Å². The standard InChI is InChI=1S/C30H34N6O6/c1-20-7-8-26-23(14-31-36(26)15-20)29(39)33-9-2-3-11-41-22-6-4-5-21(13-22)24-16-35(17-25(24)32-27(37)18-33)28(38)19-34-10-12-42-30(34)40/h4-8,13-15,24-25H,2-3,9-12,16-19H2,1H3,(H,32,37)/t24-,25+/m1/s1. The van der Waals surface area contributed by atoms with Crippen molar-refractivity contribution in [1.29, 1.82) is 0 Å². The molecule has 3 aromatic rings. The van der Waals surface area contributed by atoms with Gasteiger partial charge in [-0.3, -0.25) is 19.3 Å². The van der Waals surface area contributed by atoms with Gasteiger partial charge in [-0.15, -0.1) is 0 Å². The molecular weight excluding hydrogens is 540 g/mol. The second-order valence-electron chi connectivity index (χ2n) is 11.1. The van der Waals surface area contributed by atoms with Crippen LogP contribution >= 0.6 is 0 Å². The van der Waals surface area contributed by atoms with Crippen LogP contribution in [0.4, 0.5) is 4.79 Å². The molecular formula is C30H34N6O6. The fourth-order valence-corrected chi connectivity index (χ4v) is 5.85. The zero-order valence-corrected chi connectivity index (χ0v) is 23.5. The molecule has 1 aromatic carbocycles. The lowest BCUT2D eigenvalue weighted by Gasteiger charge is -2.25. The lowest BCUT2D eigenvalue weighted by atomic mass is 9.94. The molecule has 6 rings (SSSR count). The Morgan fingerprint density at radius 2 is 1.90 bits per heavy atom. The summed E-state index contributed by atoms with van der Waals surface area (Å²) in [6.45, 7) is 3.91.